The standard InChI is InChI=1S/C15H18ClN3O3S2/c1-9-10(16)6-7-12-13(9)18(2)15(23-12)17-14(20)11-5-4-8-19(11)24(3,21)22/h6-7,11H,4-5,8H2,1-3H3. The second-order valence-corrected chi connectivity index (χ2v) is 9.30. The lowest BCUT2D eigenvalue weighted by Gasteiger charge is -2.18. The molecule has 0 radical (unpaired) electrons. The van der Waals surface area contributed by atoms with E-state index in [1.54, 1.807) is 0 Å². The van der Waals surface area contributed by atoms with Crippen molar-refractivity contribution in [1.29, 1.82) is 0 Å². The first-order valence-electron chi connectivity index (χ1n) is 7.50. The van der Waals surface area contributed by atoms with Crippen LogP contribution in [0.5, 0.6) is 0 Å². The number of halogens is 1. The zero-order valence-corrected chi connectivity index (χ0v) is 16.0. The number of carbonyl (C=O) groups is 1. The van der Waals surface area contributed by atoms with Gasteiger partial charge in [-0.3, -0.25) is 4.79 Å². The second kappa shape index (κ2) is 6.25. The molecule has 2 aromatic rings. The maximum absolute atomic E-state index is 12.5. The summed E-state index contributed by atoms with van der Waals surface area (Å²) in [4.78, 5) is 17.3. The normalized spacial score (nSPS) is 20.2. The molecule has 6 nitrogen and oxygen atoms in total. The Morgan fingerprint density at radius 1 is 1.42 bits per heavy atom. The summed E-state index contributed by atoms with van der Waals surface area (Å²) in [5.41, 5.74) is 1.87. The van der Waals surface area contributed by atoms with E-state index in [-0.39, 0.29) is 0 Å². The van der Waals surface area contributed by atoms with Crippen molar-refractivity contribution < 1.29 is 13.2 Å². The van der Waals surface area contributed by atoms with Crippen LogP contribution in [0.25, 0.3) is 10.2 Å². The molecule has 1 aliphatic rings. The first kappa shape index (κ1) is 17.6. The molecule has 1 aliphatic heterocycles. The van der Waals surface area contributed by atoms with E-state index in [4.69, 9.17) is 11.6 Å². The summed E-state index contributed by atoms with van der Waals surface area (Å²) in [6.45, 7) is 2.30. The third kappa shape index (κ3) is 3.03. The number of rotatable bonds is 2. The predicted octanol–water partition coefficient (Wildman–Crippen LogP) is 2.05. The molecule has 1 unspecified atom stereocenters. The molecule has 1 fully saturated rings. The van der Waals surface area contributed by atoms with Gasteiger partial charge in [0.15, 0.2) is 4.80 Å². The summed E-state index contributed by atoms with van der Waals surface area (Å²) in [5, 5.41) is 0.660. The lowest BCUT2D eigenvalue weighted by molar-refractivity contribution is -0.121. The summed E-state index contributed by atoms with van der Waals surface area (Å²) in [5.74, 6) is -0.413. The van der Waals surface area contributed by atoms with Crippen LogP contribution >= 0.6 is 22.9 Å². The topological polar surface area (TPSA) is 71.7 Å². The fraction of sp³-hybridized carbons (Fsp3) is 0.467. The number of aryl methyl sites for hydroxylation is 2. The minimum absolute atomic E-state index is 0.373. The van der Waals surface area contributed by atoms with E-state index < -0.39 is 22.0 Å². The number of thiazole rings is 1. The minimum atomic E-state index is -3.40. The average Bonchev–Trinajstić information content (AvgIpc) is 3.09. The molecule has 1 saturated heterocycles. The molecule has 3 rings (SSSR count). The van der Waals surface area contributed by atoms with Gasteiger partial charge in [-0.05, 0) is 37.5 Å². The number of nitrogens with zero attached hydrogens (tertiary/aromatic N) is 3. The lowest BCUT2D eigenvalue weighted by Crippen LogP contribution is -2.39. The Balaban J connectivity index is 2.06. The number of hydrogen-bond acceptors (Lipinski definition) is 4. The van der Waals surface area contributed by atoms with Crippen molar-refractivity contribution in [3.63, 3.8) is 0 Å². The fourth-order valence-corrected chi connectivity index (χ4v) is 5.42. The minimum Gasteiger partial charge on any atom is -0.319 e. The molecule has 0 bridgehead atoms. The molecule has 1 amide bonds. The van der Waals surface area contributed by atoms with Crippen molar-refractivity contribution in [3.8, 4) is 0 Å². The number of carbonyl (C=O) groups excluding carboxylic acids is 1. The highest BCUT2D eigenvalue weighted by Crippen LogP contribution is 2.27. The van der Waals surface area contributed by atoms with Crippen LogP contribution in [-0.4, -0.2) is 42.0 Å². The number of benzene rings is 1. The number of fused-ring (bicyclic) bond motifs is 1. The van der Waals surface area contributed by atoms with Gasteiger partial charge in [0.05, 0.1) is 16.5 Å². The quantitative estimate of drug-likeness (QED) is 0.791. The molecule has 0 N–H and O–H groups in total. The van der Waals surface area contributed by atoms with E-state index in [0.717, 1.165) is 22.0 Å². The average molecular weight is 388 g/mol. The van der Waals surface area contributed by atoms with Crippen molar-refractivity contribution in [2.75, 3.05) is 12.8 Å². The monoisotopic (exact) mass is 387 g/mol. The maximum Gasteiger partial charge on any atom is 0.266 e. The van der Waals surface area contributed by atoms with Crippen LogP contribution < -0.4 is 4.80 Å². The van der Waals surface area contributed by atoms with Gasteiger partial charge in [-0.1, -0.05) is 22.9 Å². The number of aromatic nitrogens is 1. The molecule has 0 aliphatic carbocycles. The molecule has 1 aromatic carbocycles. The molecule has 1 aromatic heterocycles. The second-order valence-electron chi connectivity index (χ2n) is 5.94. The SMILES string of the molecule is Cc1c(Cl)ccc2sc(=NC(=O)C3CCCN3S(C)(=O)=O)n(C)c12. The smallest absolute Gasteiger partial charge is 0.266 e. The molecule has 9 heteroatoms. The van der Waals surface area contributed by atoms with Gasteiger partial charge in [-0.2, -0.15) is 9.30 Å². The summed E-state index contributed by atoms with van der Waals surface area (Å²) in [6, 6.07) is 3.02. The van der Waals surface area contributed by atoms with Gasteiger partial charge in [0.25, 0.3) is 5.91 Å². The van der Waals surface area contributed by atoms with E-state index in [0.29, 0.717) is 29.2 Å². The largest absolute Gasteiger partial charge is 0.319 e. The van der Waals surface area contributed by atoms with Crippen LogP contribution in [-0.2, 0) is 21.9 Å². The van der Waals surface area contributed by atoms with Gasteiger partial charge >= 0.3 is 0 Å². The van der Waals surface area contributed by atoms with Crippen LogP contribution in [0, 0.1) is 6.92 Å². The van der Waals surface area contributed by atoms with E-state index in [2.05, 4.69) is 4.99 Å². The van der Waals surface area contributed by atoms with Crippen LogP contribution in [0.1, 0.15) is 18.4 Å². The van der Waals surface area contributed by atoms with E-state index >= 15 is 0 Å². The zero-order chi connectivity index (χ0) is 17.6. The highest BCUT2D eigenvalue weighted by atomic mass is 35.5. The van der Waals surface area contributed by atoms with E-state index in [1.807, 2.05) is 30.7 Å². The Morgan fingerprint density at radius 3 is 2.79 bits per heavy atom. The number of hydrogen-bond donors (Lipinski definition) is 0. The van der Waals surface area contributed by atoms with Crippen LogP contribution in [0.15, 0.2) is 17.1 Å². The number of sulfonamides is 1. The van der Waals surface area contributed by atoms with Crippen LogP contribution in [0.4, 0.5) is 0 Å². The number of amides is 1. The Bertz CT molecular complexity index is 991. The molecule has 0 saturated carbocycles. The Morgan fingerprint density at radius 2 is 2.12 bits per heavy atom. The predicted molar refractivity (Wildman–Crippen MR) is 95.7 cm³/mol. The van der Waals surface area contributed by atoms with Gasteiger partial charge in [-0.15, -0.1) is 0 Å². The third-order valence-electron chi connectivity index (χ3n) is 4.27. The summed E-state index contributed by atoms with van der Waals surface area (Å²) < 4.78 is 27.7. The van der Waals surface area contributed by atoms with Crippen molar-refractivity contribution in [2.24, 2.45) is 12.0 Å². The molecule has 24 heavy (non-hydrogen) atoms. The van der Waals surface area contributed by atoms with Crippen LogP contribution in [0.3, 0.4) is 0 Å². The molecule has 1 atom stereocenters. The van der Waals surface area contributed by atoms with Gasteiger partial charge in [0.1, 0.15) is 6.04 Å². The van der Waals surface area contributed by atoms with Crippen molar-refractivity contribution >= 4 is 49.1 Å². The molecule has 130 valence electrons. The Labute approximate surface area is 149 Å². The van der Waals surface area contributed by atoms with Crippen molar-refractivity contribution in [2.45, 2.75) is 25.8 Å². The Hall–Kier alpha value is -1.22. The lowest BCUT2D eigenvalue weighted by atomic mass is 10.2. The molecule has 2 heterocycles. The van der Waals surface area contributed by atoms with Crippen molar-refractivity contribution in [3.05, 3.63) is 27.5 Å². The van der Waals surface area contributed by atoms with Gasteiger partial charge in [0, 0.05) is 18.6 Å². The zero-order valence-electron chi connectivity index (χ0n) is 13.6. The van der Waals surface area contributed by atoms with E-state index in [1.165, 1.54) is 15.6 Å². The highest BCUT2D eigenvalue weighted by molar-refractivity contribution is 7.88. The third-order valence-corrected chi connectivity index (χ3v) is 7.07. The van der Waals surface area contributed by atoms with Crippen LogP contribution in [0.2, 0.25) is 5.02 Å². The van der Waals surface area contributed by atoms with E-state index in [9.17, 15) is 13.2 Å². The summed E-state index contributed by atoms with van der Waals surface area (Å²) in [6.07, 6.45) is 2.31. The Kier molecular flexibility index (Phi) is 4.59. The summed E-state index contributed by atoms with van der Waals surface area (Å²) in [7, 11) is -1.57. The van der Waals surface area contributed by atoms with Crippen molar-refractivity contribution in [1.82, 2.24) is 8.87 Å². The fourth-order valence-electron chi connectivity index (χ4n) is 3.06. The van der Waals surface area contributed by atoms with Gasteiger partial charge < -0.3 is 4.57 Å². The molecular formula is C15H18ClN3O3S2. The highest BCUT2D eigenvalue weighted by Gasteiger charge is 2.36. The first-order valence-corrected chi connectivity index (χ1v) is 10.5. The molecule has 0 spiro atoms. The molecular weight excluding hydrogens is 370 g/mol. The first-order chi connectivity index (χ1) is 11.2. The van der Waals surface area contributed by atoms with Gasteiger partial charge in [-0.25, -0.2) is 8.42 Å². The maximum atomic E-state index is 12.5. The van der Waals surface area contributed by atoms with Gasteiger partial charge in [0.2, 0.25) is 10.0 Å². The summed E-state index contributed by atoms with van der Waals surface area (Å²) >= 11 is 7.56.